The van der Waals surface area contributed by atoms with E-state index in [0.29, 0.717) is 36.0 Å². The molecular formula is C18H18N6O2. The predicted molar refractivity (Wildman–Crippen MR) is 93.3 cm³/mol. The topological polar surface area (TPSA) is 117 Å². The Balaban J connectivity index is 1.65. The van der Waals surface area contributed by atoms with E-state index in [1.165, 1.54) is 0 Å². The Kier molecular flexibility index (Phi) is 3.84. The first-order valence-corrected chi connectivity index (χ1v) is 8.51. The SMILES string of the molecule is N#Cc1c(C(N)=O)c2n(c1C1CC1)CCN(C(=O)Nc1ccncc1)C2. The number of primary amides is 1. The second-order valence-electron chi connectivity index (χ2n) is 6.57. The molecule has 0 radical (unpaired) electrons. The predicted octanol–water partition coefficient (Wildman–Crippen LogP) is 1.78. The normalized spacial score (nSPS) is 15.9. The van der Waals surface area contributed by atoms with E-state index in [0.717, 1.165) is 18.5 Å². The summed E-state index contributed by atoms with van der Waals surface area (Å²) in [6, 6.07) is 5.31. The number of hydrogen-bond acceptors (Lipinski definition) is 4. The monoisotopic (exact) mass is 350 g/mol. The standard InChI is InChI=1S/C18H18N6O2/c19-9-13-15(17(20)25)14-10-23(7-8-24(14)16(13)11-1-2-11)18(26)22-12-3-5-21-6-4-12/h3-6,11H,1-2,7-8,10H2,(H2,20,25)(H,21,22,26). The average molecular weight is 350 g/mol. The van der Waals surface area contributed by atoms with E-state index in [2.05, 4.69) is 16.4 Å². The van der Waals surface area contributed by atoms with Crippen molar-refractivity contribution in [2.75, 3.05) is 11.9 Å². The van der Waals surface area contributed by atoms with Gasteiger partial charge >= 0.3 is 6.03 Å². The number of nitrogens with two attached hydrogens (primary N) is 1. The lowest BCUT2D eigenvalue weighted by Gasteiger charge is -2.30. The zero-order valence-corrected chi connectivity index (χ0v) is 14.1. The van der Waals surface area contributed by atoms with Crippen LogP contribution >= 0.6 is 0 Å². The lowest BCUT2D eigenvalue weighted by molar-refractivity contribution is 0.0997. The van der Waals surface area contributed by atoms with Crippen LogP contribution < -0.4 is 11.1 Å². The number of hydrogen-bond donors (Lipinski definition) is 2. The minimum atomic E-state index is -0.617. The van der Waals surface area contributed by atoms with Crippen LogP contribution in [-0.2, 0) is 13.1 Å². The molecule has 26 heavy (non-hydrogen) atoms. The summed E-state index contributed by atoms with van der Waals surface area (Å²) < 4.78 is 2.02. The number of aromatic nitrogens is 2. The summed E-state index contributed by atoms with van der Waals surface area (Å²) in [4.78, 5) is 30.1. The number of urea groups is 1. The Labute approximate surface area is 150 Å². The molecule has 0 saturated heterocycles. The molecule has 4 rings (SSSR count). The van der Waals surface area contributed by atoms with Crippen LogP contribution in [0.25, 0.3) is 0 Å². The van der Waals surface area contributed by atoms with Gasteiger partial charge in [0.1, 0.15) is 6.07 Å². The summed E-state index contributed by atoms with van der Waals surface area (Å²) >= 11 is 0. The van der Waals surface area contributed by atoms with Gasteiger partial charge in [0, 0.05) is 42.8 Å². The lowest BCUT2D eigenvalue weighted by Crippen LogP contribution is -2.41. The van der Waals surface area contributed by atoms with Gasteiger partial charge in [-0.1, -0.05) is 0 Å². The van der Waals surface area contributed by atoms with E-state index >= 15 is 0 Å². The van der Waals surface area contributed by atoms with Gasteiger partial charge in [0.25, 0.3) is 5.91 Å². The van der Waals surface area contributed by atoms with Crippen molar-refractivity contribution >= 4 is 17.6 Å². The maximum absolute atomic E-state index is 12.6. The molecule has 1 aliphatic carbocycles. The van der Waals surface area contributed by atoms with Crippen molar-refractivity contribution in [1.29, 1.82) is 5.26 Å². The molecule has 0 spiro atoms. The zero-order valence-electron chi connectivity index (χ0n) is 14.1. The molecule has 3 heterocycles. The molecule has 1 aliphatic heterocycles. The van der Waals surface area contributed by atoms with Gasteiger partial charge in [0.05, 0.1) is 23.4 Å². The second-order valence-corrected chi connectivity index (χ2v) is 6.57. The number of nitrogens with one attached hydrogen (secondary N) is 1. The van der Waals surface area contributed by atoms with Crippen LogP contribution in [0.1, 0.15) is 46.1 Å². The quantitative estimate of drug-likeness (QED) is 0.877. The summed E-state index contributed by atoms with van der Waals surface area (Å²) in [7, 11) is 0. The molecule has 8 heteroatoms. The van der Waals surface area contributed by atoms with E-state index in [-0.39, 0.29) is 18.1 Å². The molecule has 0 aromatic carbocycles. The third-order valence-electron chi connectivity index (χ3n) is 4.89. The molecule has 1 fully saturated rings. The maximum atomic E-state index is 12.6. The summed E-state index contributed by atoms with van der Waals surface area (Å²) in [5, 5.41) is 12.4. The molecule has 8 nitrogen and oxygen atoms in total. The van der Waals surface area contributed by atoms with Crippen LogP contribution in [0, 0.1) is 11.3 Å². The minimum Gasteiger partial charge on any atom is -0.366 e. The van der Waals surface area contributed by atoms with E-state index in [4.69, 9.17) is 5.73 Å². The smallest absolute Gasteiger partial charge is 0.322 e. The highest BCUT2D eigenvalue weighted by molar-refractivity contribution is 5.98. The number of rotatable bonds is 3. The molecule has 3 amide bonds. The molecule has 0 bridgehead atoms. The van der Waals surface area contributed by atoms with Crippen LogP contribution in [0.2, 0.25) is 0 Å². The van der Waals surface area contributed by atoms with Gasteiger partial charge in [-0.25, -0.2) is 4.79 Å². The highest BCUT2D eigenvalue weighted by atomic mass is 16.2. The Morgan fingerprint density at radius 1 is 1.27 bits per heavy atom. The van der Waals surface area contributed by atoms with E-state index in [1.807, 2.05) is 4.57 Å². The zero-order chi connectivity index (χ0) is 18.3. The van der Waals surface area contributed by atoms with E-state index in [1.54, 1.807) is 29.4 Å². The highest BCUT2D eigenvalue weighted by Crippen LogP contribution is 2.44. The molecule has 2 aliphatic rings. The number of carbonyl (C=O) groups is 2. The molecule has 132 valence electrons. The lowest BCUT2D eigenvalue weighted by atomic mass is 10.1. The fourth-order valence-electron chi connectivity index (χ4n) is 3.56. The summed E-state index contributed by atoms with van der Waals surface area (Å²) in [6.07, 6.45) is 5.23. The van der Waals surface area contributed by atoms with Gasteiger partial charge in [-0.3, -0.25) is 9.78 Å². The number of nitriles is 1. The largest absolute Gasteiger partial charge is 0.366 e. The summed E-state index contributed by atoms with van der Waals surface area (Å²) in [6.45, 7) is 1.30. The van der Waals surface area contributed by atoms with Crippen LogP contribution in [-0.4, -0.2) is 32.9 Å². The van der Waals surface area contributed by atoms with Crippen LogP contribution in [0.5, 0.6) is 0 Å². The van der Waals surface area contributed by atoms with Crippen LogP contribution in [0.3, 0.4) is 0 Å². The number of pyridine rings is 1. The van der Waals surface area contributed by atoms with Crippen molar-refractivity contribution in [2.45, 2.75) is 31.8 Å². The maximum Gasteiger partial charge on any atom is 0.322 e. The summed E-state index contributed by atoms with van der Waals surface area (Å²) in [5.41, 5.74) is 8.42. The van der Waals surface area contributed by atoms with Gasteiger partial charge in [-0.2, -0.15) is 5.26 Å². The Morgan fingerprint density at radius 2 is 2.00 bits per heavy atom. The Morgan fingerprint density at radius 3 is 2.62 bits per heavy atom. The van der Waals surface area contributed by atoms with Gasteiger partial charge in [0.15, 0.2) is 0 Å². The van der Waals surface area contributed by atoms with E-state index in [9.17, 15) is 14.9 Å². The number of anilines is 1. The van der Waals surface area contributed by atoms with Crippen LogP contribution in [0.4, 0.5) is 10.5 Å². The fraction of sp³-hybridized carbons (Fsp3) is 0.333. The van der Waals surface area contributed by atoms with Gasteiger partial charge in [-0.05, 0) is 25.0 Å². The van der Waals surface area contributed by atoms with Crippen molar-refractivity contribution in [1.82, 2.24) is 14.5 Å². The molecule has 0 unspecified atom stereocenters. The highest BCUT2D eigenvalue weighted by Gasteiger charge is 2.37. The third-order valence-corrected chi connectivity index (χ3v) is 4.89. The number of carbonyl (C=O) groups excluding carboxylic acids is 2. The van der Waals surface area contributed by atoms with Crippen molar-refractivity contribution < 1.29 is 9.59 Å². The first-order valence-electron chi connectivity index (χ1n) is 8.51. The number of nitrogens with zero attached hydrogens (tertiary/aromatic N) is 4. The van der Waals surface area contributed by atoms with Crippen molar-refractivity contribution in [2.24, 2.45) is 5.73 Å². The van der Waals surface area contributed by atoms with Gasteiger partial charge in [0.2, 0.25) is 0 Å². The molecule has 3 N–H and O–H groups in total. The van der Waals surface area contributed by atoms with Crippen molar-refractivity contribution in [3.63, 3.8) is 0 Å². The fourth-order valence-corrected chi connectivity index (χ4v) is 3.56. The average Bonchev–Trinajstić information content (AvgIpc) is 3.42. The van der Waals surface area contributed by atoms with E-state index < -0.39 is 5.91 Å². The van der Waals surface area contributed by atoms with Gasteiger partial charge in [-0.15, -0.1) is 0 Å². The first-order chi connectivity index (χ1) is 12.6. The second kappa shape index (κ2) is 6.19. The summed E-state index contributed by atoms with van der Waals surface area (Å²) in [5.74, 6) is -0.303. The molecule has 1 saturated carbocycles. The Bertz CT molecular complexity index is 923. The van der Waals surface area contributed by atoms with Gasteiger partial charge < -0.3 is 20.5 Å². The Hall–Kier alpha value is -3.34. The number of amides is 3. The van der Waals surface area contributed by atoms with Crippen LogP contribution in [0.15, 0.2) is 24.5 Å². The molecule has 0 atom stereocenters. The molecule has 2 aromatic rings. The minimum absolute atomic E-state index is 0.247. The molecule has 2 aromatic heterocycles. The van der Waals surface area contributed by atoms with Crippen molar-refractivity contribution in [3.05, 3.63) is 47.0 Å². The van der Waals surface area contributed by atoms with Crippen molar-refractivity contribution in [3.8, 4) is 6.07 Å². The third kappa shape index (κ3) is 2.67. The number of fused-ring (bicyclic) bond motifs is 1. The first kappa shape index (κ1) is 16.1. The molecular weight excluding hydrogens is 332 g/mol.